The number of rotatable bonds is 4. The molecule has 0 unspecified atom stereocenters. The van der Waals surface area contributed by atoms with Crippen molar-refractivity contribution >= 4 is 22.7 Å². The number of hydrogen-bond acceptors (Lipinski definition) is 4. The van der Waals surface area contributed by atoms with Gasteiger partial charge >= 0.3 is 5.97 Å². The summed E-state index contributed by atoms with van der Waals surface area (Å²) in [6.07, 6.45) is 0.651. The molecule has 2 aromatic carbocycles. The van der Waals surface area contributed by atoms with E-state index in [1.54, 1.807) is 25.3 Å². The van der Waals surface area contributed by atoms with Crippen molar-refractivity contribution in [1.29, 1.82) is 0 Å². The Balaban J connectivity index is 1.81. The first-order chi connectivity index (χ1) is 11.5. The van der Waals surface area contributed by atoms with Crippen molar-refractivity contribution in [3.05, 3.63) is 65.4 Å². The van der Waals surface area contributed by atoms with Crippen molar-refractivity contribution in [3.8, 4) is 5.75 Å². The lowest BCUT2D eigenvalue weighted by molar-refractivity contribution is 0.0316. The molecule has 1 atom stereocenters. The zero-order valence-corrected chi connectivity index (χ0v) is 13.4. The Morgan fingerprint density at radius 2 is 1.83 bits per heavy atom. The van der Waals surface area contributed by atoms with Gasteiger partial charge in [-0.2, -0.15) is 0 Å². The van der Waals surface area contributed by atoms with Crippen LogP contribution in [0.2, 0.25) is 0 Å². The number of Topliss-reactive ketones (excluding diaryl/α,β-unsaturated/α-hetero) is 1. The van der Waals surface area contributed by atoms with Crippen LogP contribution in [-0.4, -0.2) is 27.9 Å². The van der Waals surface area contributed by atoms with Crippen LogP contribution < -0.4 is 0 Å². The van der Waals surface area contributed by atoms with Gasteiger partial charge in [0.25, 0.3) is 0 Å². The molecule has 0 saturated heterocycles. The highest BCUT2D eigenvalue weighted by Crippen LogP contribution is 2.24. The molecule has 5 nitrogen and oxygen atoms in total. The van der Waals surface area contributed by atoms with E-state index in [4.69, 9.17) is 4.74 Å². The third kappa shape index (κ3) is 2.76. The minimum absolute atomic E-state index is 0.0496. The lowest BCUT2D eigenvalue weighted by Crippen LogP contribution is -2.24. The van der Waals surface area contributed by atoms with Gasteiger partial charge in [0.2, 0.25) is 5.78 Å². The molecule has 0 aliphatic heterocycles. The average Bonchev–Trinajstić information content (AvgIpc) is 3.00. The maximum Gasteiger partial charge on any atom is 0.342 e. The van der Waals surface area contributed by atoms with Gasteiger partial charge in [0.15, 0.2) is 6.10 Å². The highest BCUT2D eigenvalue weighted by molar-refractivity contribution is 6.10. The highest BCUT2D eigenvalue weighted by atomic mass is 16.5. The Morgan fingerprint density at radius 1 is 1.08 bits per heavy atom. The van der Waals surface area contributed by atoms with Crippen molar-refractivity contribution in [2.24, 2.45) is 0 Å². The molecule has 2 N–H and O–H groups in total. The topological polar surface area (TPSA) is 79.4 Å². The van der Waals surface area contributed by atoms with Gasteiger partial charge in [0, 0.05) is 22.7 Å². The van der Waals surface area contributed by atoms with Crippen molar-refractivity contribution < 1.29 is 19.4 Å². The van der Waals surface area contributed by atoms with Crippen molar-refractivity contribution in [1.82, 2.24) is 4.98 Å². The number of benzene rings is 2. The third-order valence-electron chi connectivity index (χ3n) is 3.97. The maximum absolute atomic E-state index is 12.6. The number of aromatic amines is 1. The Hall–Kier alpha value is -3.08. The number of carbonyl (C=O) groups is 2. The van der Waals surface area contributed by atoms with Gasteiger partial charge in [-0.3, -0.25) is 4.79 Å². The number of carbonyl (C=O) groups excluding carboxylic acids is 2. The lowest BCUT2D eigenvalue weighted by atomic mass is 10.1. The molecule has 1 aromatic heterocycles. The fourth-order valence-corrected chi connectivity index (χ4v) is 2.60. The number of phenolic OH excluding ortho intramolecular Hbond substituents is 1. The van der Waals surface area contributed by atoms with Crippen LogP contribution in [0.4, 0.5) is 0 Å². The number of H-pyrrole nitrogens is 1. The first kappa shape index (κ1) is 15.8. The van der Waals surface area contributed by atoms with Gasteiger partial charge in [-0.25, -0.2) is 4.79 Å². The predicted octanol–water partition coefficient (Wildman–Crippen LogP) is 3.61. The number of hydrogen-bond donors (Lipinski definition) is 2. The Morgan fingerprint density at radius 3 is 2.62 bits per heavy atom. The Kier molecular flexibility index (Phi) is 4.08. The van der Waals surface area contributed by atoms with E-state index in [1.807, 2.05) is 24.3 Å². The van der Waals surface area contributed by atoms with E-state index in [9.17, 15) is 14.7 Å². The molecular weight excluding hydrogens is 306 g/mol. The van der Waals surface area contributed by atoms with E-state index in [-0.39, 0.29) is 17.1 Å². The van der Waals surface area contributed by atoms with Crippen LogP contribution in [-0.2, 0) is 4.74 Å². The van der Waals surface area contributed by atoms with Crippen molar-refractivity contribution in [2.75, 3.05) is 0 Å². The number of aromatic hydroxyl groups is 1. The molecule has 0 bridgehead atoms. The largest absolute Gasteiger partial charge is 0.507 e. The van der Waals surface area contributed by atoms with Crippen LogP contribution in [0, 0.1) is 6.92 Å². The molecule has 122 valence electrons. The third-order valence-corrected chi connectivity index (χ3v) is 3.97. The monoisotopic (exact) mass is 323 g/mol. The zero-order chi connectivity index (χ0) is 17.3. The number of fused-ring (bicyclic) bond motifs is 1. The van der Waals surface area contributed by atoms with Gasteiger partial charge in [0.05, 0.1) is 0 Å². The number of ether oxygens (including phenoxy) is 1. The van der Waals surface area contributed by atoms with Crippen molar-refractivity contribution in [2.45, 2.75) is 20.0 Å². The molecular formula is C19H17NO4. The molecule has 1 heterocycles. The summed E-state index contributed by atoms with van der Waals surface area (Å²) in [5.41, 5.74) is 1.93. The average molecular weight is 323 g/mol. The normalized spacial score (nSPS) is 12.1. The molecule has 3 rings (SSSR count). The molecule has 5 heteroatoms. The first-order valence-electron chi connectivity index (χ1n) is 7.59. The molecule has 0 aliphatic rings. The van der Waals surface area contributed by atoms with Crippen molar-refractivity contribution in [3.63, 3.8) is 0 Å². The second-order valence-corrected chi connectivity index (χ2v) is 5.63. The van der Waals surface area contributed by atoms with Gasteiger partial charge in [0.1, 0.15) is 11.3 Å². The minimum Gasteiger partial charge on any atom is -0.507 e. The van der Waals surface area contributed by atoms with E-state index in [0.717, 1.165) is 10.9 Å². The lowest BCUT2D eigenvalue weighted by Gasteiger charge is -2.13. The van der Waals surface area contributed by atoms with Gasteiger partial charge in [-0.15, -0.1) is 0 Å². The summed E-state index contributed by atoms with van der Waals surface area (Å²) in [7, 11) is 0. The van der Waals surface area contributed by atoms with E-state index in [1.165, 1.54) is 13.0 Å². The molecule has 0 spiro atoms. The van der Waals surface area contributed by atoms with E-state index in [2.05, 4.69) is 4.98 Å². The number of nitrogens with one attached hydrogen (secondary N) is 1. The summed E-state index contributed by atoms with van der Waals surface area (Å²) in [6.45, 7) is 3.21. The fourth-order valence-electron chi connectivity index (χ4n) is 2.60. The van der Waals surface area contributed by atoms with E-state index in [0.29, 0.717) is 11.1 Å². The van der Waals surface area contributed by atoms with Gasteiger partial charge in [-0.1, -0.05) is 30.3 Å². The highest BCUT2D eigenvalue weighted by Gasteiger charge is 2.24. The molecule has 0 aliphatic carbocycles. The van der Waals surface area contributed by atoms with Crippen LogP contribution in [0.15, 0.2) is 48.7 Å². The number of aromatic nitrogens is 1. The van der Waals surface area contributed by atoms with E-state index < -0.39 is 12.1 Å². The zero-order valence-electron chi connectivity index (χ0n) is 13.4. The SMILES string of the molecule is Cc1cccc(C(=O)O[C@H](C)C(=O)c2c[nH]c3ccccc23)c1O. The minimum atomic E-state index is -0.961. The van der Waals surface area contributed by atoms with Crippen LogP contribution in [0.1, 0.15) is 33.2 Å². The number of esters is 1. The number of ketones is 1. The van der Waals surface area contributed by atoms with Gasteiger partial charge < -0.3 is 14.8 Å². The molecule has 0 fully saturated rings. The molecule has 24 heavy (non-hydrogen) atoms. The summed E-state index contributed by atoms with van der Waals surface area (Å²) in [5.74, 6) is -1.15. The van der Waals surface area contributed by atoms with Gasteiger partial charge in [-0.05, 0) is 31.5 Å². The van der Waals surface area contributed by atoms with Crippen LogP contribution in [0.5, 0.6) is 5.75 Å². The standard InChI is InChI=1S/C19H17NO4/c1-11-6-5-8-14(17(11)21)19(23)24-12(2)18(22)15-10-20-16-9-4-3-7-13(15)16/h3-10,12,20-21H,1-2H3/t12-/m1/s1. The summed E-state index contributed by atoms with van der Waals surface area (Å²) >= 11 is 0. The number of para-hydroxylation sites is 2. The Labute approximate surface area is 138 Å². The molecule has 0 radical (unpaired) electrons. The summed E-state index contributed by atoms with van der Waals surface area (Å²) in [5, 5.41) is 10.7. The summed E-state index contributed by atoms with van der Waals surface area (Å²) in [4.78, 5) is 27.8. The number of aryl methyl sites for hydroxylation is 1. The molecule has 0 saturated carbocycles. The summed E-state index contributed by atoms with van der Waals surface area (Å²) in [6, 6.07) is 12.2. The predicted molar refractivity (Wildman–Crippen MR) is 90.4 cm³/mol. The van der Waals surface area contributed by atoms with Crippen LogP contribution in [0.25, 0.3) is 10.9 Å². The summed E-state index contributed by atoms with van der Waals surface area (Å²) < 4.78 is 5.24. The molecule has 0 amide bonds. The fraction of sp³-hybridized carbons (Fsp3) is 0.158. The van der Waals surface area contributed by atoms with Crippen LogP contribution >= 0.6 is 0 Å². The maximum atomic E-state index is 12.6. The molecule has 3 aromatic rings. The first-order valence-corrected chi connectivity index (χ1v) is 7.59. The number of phenols is 1. The quantitative estimate of drug-likeness (QED) is 0.568. The van der Waals surface area contributed by atoms with Crippen LogP contribution in [0.3, 0.4) is 0 Å². The Bertz CT molecular complexity index is 926. The smallest absolute Gasteiger partial charge is 0.342 e. The van der Waals surface area contributed by atoms with E-state index >= 15 is 0 Å². The second kappa shape index (κ2) is 6.20. The second-order valence-electron chi connectivity index (χ2n) is 5.63.